The highest BCUT2D eigenvalue weighted by Gasteiger charge is 2.22. The molecule has 2 aromatic rings. The summed E-state index contributed by atoms with van der Waals surface area (Å²) in [5.41, 5.74) is 2.25. The molecule has 1 aliphatic rings. The molecule has 2 aromatic heterocycles. The van der Waals surface area contributed by atoms with Crippen LogP contribution in [0.3, 0.4) is 0 Å². The Labute approximate surface area is 126 Å². The van der Waals surface area contributed by atoms with Gasteiger partial charge >= 0.3 is 0 Å². The van der Waals surface area contributed by atoms with E-state index in [2.05, 4.69) is 36.4 Å². The minimum absolute atomic E-state index is 0.224. The van der Waals surface area contributed by atoms with Crippen molar-refractivity contribution in [1.29, 1.82) is 0 Å². The maximum Gasteiger partial charge on any atom is 0.159 e. The molecule has 0 bridgehead atoms. The second-order valence-corrected chi connectivity index (χ2v) is 7.31. The number of hydrogen-bond donors (Lipinski definition) is 0. The number of imidazole rings is 1. The molecular formula is C17H25N3O. The molecule has 0 N–H and O–H groups in total. The summed E-state index contributed by atoms with van der Waals surface area (Å²) in [6, 6.07) is 4.02. The first-order chi connectivity index (χ1) is 10.0. The van der Waals surface area contributed by atoms with Crippen molar-refractivity contribution < 1.29 is 4.74 Å². The molecule has 1 saturated heterocycles. The van der Waals surface area contributed by atoms with E-state index < -0.39 is 0 Å². The van der Waals surface area contributed by atoms with Gasteiger partial charge in [-0.25, -0.2) is 9.97 Å². The van der Waals surface area contributed by atoms with E-state index in [-0.39, 0.29) is 5.41 Å². The Hall–Kier alpha value is -1.42. The zero-order chi connectivity index (χ0) is 14.9. The fourth-order valence-corrected chi connectivity index (χ4v) is 3.02. The molecule has 0 spiro atoms. The quantitative estimate of drug-likeness (QED) is 0.868. The molecule has 114 valence electrons. The number of aromatic nitrogens is 3. The third-order valence-electron chi connectivity index (χ3n) is 3.97. The smallest absolute Gasteiger partial charge is 0.159 e. The van der Waals surface area contributed by atoms with Gasteiger partial charge in [-0.05, 0) is 30.4 Å². The van der Waals surface area contributed by atoms with Crippen LogP contribution >= 0.6 is 0 Å². The van der Waals surface area contributed by atoms with Crippen molar-refractivity contribution in [2.75, 3.05) is 13.2 Å². The average molecular weight is 287 g/mol. The SMILES string of the molecule is CC(C)(C)Cc1nc2cccnc2n1CC1CCCOC1. The minimum atomic E-state index is 0.224. The lowest BCUT2D eigenvalue weighted by molar-refractivity contribution is 0.0483. The number of fused-ring (bicyclic) bond motifs is 1. The van der Waals surface area contributed by atoms with Crippen molar-refractivity contribution in [1.82, 2.24) is 14.5 Å². The molecule has 1 aliphatic heterocycles. The van der Waals surface area contributed by atoms with Crippen LogP contribution in [0.25, 0.3) is 11.2 Å². The lowest BCUT2D eigenvalue weighted by Crippen LogP contribution is -2.24. The number of rotatable bonds is 3. The Kier molecular flexibility index (Phi) is 3.98. The van der Waals surface area contributed by atoms with Gasteiger partial charge in [0.1, 0.15) is 11.3 Å². The summed E-state index contributed by atoms with van der Waals surface area (Å²) in [6.45, 7) is 9.52. The zero-order valence-corrected chi connectivity index (χ0v) is 13.3. The molecule has 3 heterocycles. The summed E-state index contributed by atoms with van der Waals surface area (Å²) in [7, 11) is 0. The van der Waals surface area contributed by atoms with Crippen molar-refractivity contribution in [3.8, 4) is 0 Å². The van der Waals surface area contributed by atoms with Gasteiger partial charge in [-0.15, -0.1) is 0 Å². The maximum atomic E-state index is 5.63. The van der Waals surface area contributed by atoms with Gasteiger partial charge in [0.25, 0.3) is 0 Å². The Morgan fingerprint density at radius 2 is 2.24 bits per heavy atom. The Balaban J connectivity index is 1.94. The molecule has 1 atom stereocenters. The summed E-state index contributed by atoms with van der Waals surface area (Å²) >= 11 is 0. The molecule has 0 aliphatic carbocycles. The van der Waals surface area contributed by atoms with Crippen LogP contribution in [0.4, 0.5) is 0 Å². The third kappa shape index (κ3) is 3.43. The zero-order valence-electron chi connectivity index (χ0n) is 13.3. The minimum Gasteiger partial charge on any atom is -0.381 e. The predicted octanol–water partition coefficient (Wildman–Crippen LogP) is 3.45. The lowest BCUT2D eigenvalue weighted by Gasteiger charge is -2.24. The molecule has 0 aromatic carbocycles. The van der Waals surface area contributed by atoms with E-state index >= 15 is 0 Å². The molecule has 4 nitrogen and oxygen atoms in total. The molecule has 1 fully saturated rings. The number of hydrogen-bond acceptors (Lipinski definition) is 3. The summed E-state index contributed by atoms with van der Waals surface area (Å²) < 4.78 is 7.95. The molecule has 0 amide bonds. The summed E-state index contributed by atoms with van der Waals surface area (Å²) in [5.74, 6) is 1.73. The normalized spacial score (nSPS) is 20.0. The van der Waals surface area contributed by atoms with Gasteiger partial charge in [-0.2, -0.15) is 0 Å². The van der Waals surface area contributed by atoms with Crippen LogP contribution in [-0.2, 0) is 17.7 Å². The fraction of sp³-hybridized carbons (Fsp3) is 0.647. The molecular weight excluding hydrogens is 262 g/mol. The van der Waals surface area contributed by atoms with Gasteiger partial charge < -0.3 is 9.30 Å². The fourth-order valence-electron chi connectivity index (χ4n) is 3.02. The monoisotopic (exact) mass is 287 g/mol. The van der Waals surface area contributed by atoms with E-state index in [4.69, 9.17) is 9.72 Å². The van der Waals surface area contributed by atoms with E-state index in [1.807, 2.05) is 12.3 Å². The van der Waals surface area contributed by atoms with Crippen molar-refractivity contribution in [2.24, 2.45) is 11.3 Å². The van der Waals surface area contributed by atoms with Crippen molar-refractivity contribution in [3.05, 3.63) is 24.2 Å². The van der Waals surface area contributed by atoms with Crippen LogP contribution in [-0.4, -0.2) is 27.7 Å². The Morgan fingerprint density at radius 1 is 1.38 bits per heavy atom. The second-order valence-electron chi connectivity index (χ2n) is 7.31. The highest BCUT2D eigenvalue weighted by molar-refractivity contribution is 5.71. The molecule has 0 saturated carbocycles. The van der Waals surface area contributed by atoms with Crippen LogP contribution in [0.2, 0.25) is 0 Å². The molecule has 4 heteroatoms. The van der Waals surface area contributed by atoms with Crippen LogP contribution in [0.15, 0.2) is 18.3 Å². The van der Waals surface area contributed by atoms with Crippen molar-refractivity contribution in [2.45, 2.75) is 46.6 Å². The van der Waals surface area contributed by atoms with Crippen molar-refractivity contribution in [3.63, 3.8) is 0 Å². The van der Waals surface area contributed by atoms with E-state index in [1.54, 1.807) is 0 Å². The van der Waals surface area contributed by atoms with Gasteiger partial charge in [0.05, 0.1) is 6.61 Å². The van der Waals surface area contributed by atoms with Gasteiger partial charge in [0, 0.05) is 31.7 Å². The topological polar surface area (TPSA) is 39.9 Å². The first kappa shape index (κ1) is 14.5. The van der Waals surface area contributed by atoms with E-state index in [1.165, 1.54) is 12.8 Å². The highest BCUT2D eigenvalue weighted by Crippen LogP contribution is 2.25. The number of pyridine rings is 1. The molecule has 3 rings (SSSR count). The molecule has 1 unspecified atom stereocenters. The maximum absolute atomic E-state index is 5.63. The largest absolute Gasteiger partial charge is 0.381 e. The van der Waals surface area contributed by atoms with Gasteiger partial charge in [-0.1, -0.05) is 20.8 Å². The van der Waals surface area contributed by atoms with Crippen LogP contribution in [0.5, 0.6) is 0 Å². The standard InChI is InChI=1S/C17H25N3O/c1-17(2,3)10-15-19-14-7-4-8-18-16(14)20(15)11-13-6-5-9-21-12-13/h4,7-8,13H,5-6,9-12H2,1-3H3. The average Bonchev–Trinajstić information content (AvgIpc) is 2.76. The lowest BCUT2D eigenvalue weighted by atomic mass is 9.92. The summed E-state index contributed by atoms with van der Waals surface area (Å²) in [4.78, 5) is 9.38. The summed E-state index contributed by atoms with van der Waals surface area (Å²) in [5, 5.41) is 0. The van der Waals surface area contributed by atoms with Gasteiger partial charge in [0.2, 0.25) is 0 Å². The van der Waals surface area contributed by atoms with Crippen LogP contribution in [0, 0.1) is 11.3 Å². The van der Waals surface area contributed by atoms with Crippen molar-refractivity contribution >= 4 is 11.2 Å². The van der Waals surface area contributed by atoms with Gasteiger partial charge in [-0.3, -0.25) is 0 Å². The first-order valence-corrected chi connectivity index (χ1v) is 7.91. The third-order valence-corrected chi connectivity index (χ3v) is 3.97. The first-order valence-electron chi connectivity index (χ1n) is 7.91. The summed E-state index contributed by atoms with van der Waals surface area (Å²) in [6.07, 6.45) is 5.23. The predicted molar refractivity (Wildman–Crippen MR) is 84.2 cm³/mol. The molecule has 21 heavy (non-hydrogen) atoms. The molecule has 0 radical (unpaired) electrons. The second kappa shape index (κ2) is 5.76. The van der Waals surface area contributed by atoms with E-state index in [0.717, 1.165) is 43.2 Å². The van der Waals surface area contributed by atoms with Gasteiger partial charge in [0.15, 0.2) is 5.65 Å². The Bertz CT molecular complexity index is 606. The Morgan fingerprint density at radius 3 is 2.95 bits per heavy atom. The van der Waals surface area contributed by atoms with Crippen LogP contribution in [0.1, 0.15) is 39.4 Å². The van der Waals surface area contributed by atoms with E-state index in [9.17, 15) is 0 Å². The van der Waals surface area contributed by atoms with Crippen LogP contribution < -0.4 is 0 Å². The van der Waals surface area contributed by atoms with E-state index in [0.29, 0.717) is 5.92 Å². The number of nitrogens with zero attached hydrogens (tertiary/aromatic N) is 3. The number of ether oxygens (including phenoxy) is 1. The highest BCUT2D eigenvalue weighted by atomic mass is 16.5.